The van der Waals surface area contributed by atoms with Gasteiger partial charge in [-0.2, -0.15) is 5.26 Å². The molecule has 0 fully saturated rings. The van der Waals surface area contributed by atoms with E-state index in [2.05, 4.69) is 11.1 Å². The van der Waals surface area contributed by atoms with Crippen molar-refractivity contribution in [3.63, 3.8) is 0 Å². The van der Waals surface area contributed by atoms with E-state index in [4.69, 9.17) is 5.26 Å². The molecule has 28 heavy (non-hydrogen) atoms. The topological polar surface area (TPSA) is 96.9 Å². The van der Waals surface area contributed by atoms with Crippen LogP contribution < -0.4 is 0 Å². The molecule has 0 amide bonds. The minimum atomic E-state index is -0.824. The zero-order valence-electron chi connectivity index (χ0n) is 15.1. The number of non-ortho nitro benzene ring substituents is 1. The monoisotopic (exact) mass is 371 g/mol. The molecule has 3 aromatic rings. The Labute approximate surface area is 161 Å². The summed E-state index contributed by atoms with van der Waals surface area (Å²) < 4.78 is 0. The first-order valence-electron chi connectivity index (χ1n) is 9.10. The van der Waals surface area contributed by atoms with Gasteiger partial charge in [-0.3, -0.25) is 19.9 Å². The van der Waals surface area contributed by atoms with Crippen LogP contribution in [0.1, 0.15) is 40.7 Å². The zero-order chi connectivity index (χ0) is 19.7. The summed E-state index contributed by atoms with van der Waals surface area (Å²) in [4.78, 5) is 28.7. The average Bonchev–Trinajstić information content (AvgIpc) is 2.94. The van der Waals surface area contributed by atoms with Gasteiger partial charge in [-0.05, 0) is 54.7 Å². The molecule has 1 aromatic heterocycles. The molecular formula is C22H17N3O3. The fourth-order valence-corrected chi connectivity index (χ4v) is 4.35. The van der Waals surface area contributed by atoms with E-state index in [0.717, 1.165) is 11.1 Å². The maximum absolute atomic E-state index is 13.6. The number of benzene rings is 2. The highest BCUT2D eigenvalue weighted by molar-refractivity contribution is 6.21. The van der Waals surface area contributed by atoms with Gasteiger partial charge in [0.05, 0.1) is 21.8 Å². The summed E-state index contributed by atoms with van der Waals surface area (Å²) in [5.41, 5.74) is 1.50. The number of nitrogens with zero attached hydrogens (tertiary/aromatic N) is 3. The van der Waals surface area contributed by atoms with Crippen LogP contribution in [-0.4, -0.2) is 15.7 Å². The highest BCUT2D eigenvalue weighted by Crippen LogP contribution is 2.49. The number of pyridine rings is 1. The van der Waals surface area contributed by atoms with Crippen molar-refractivity contribution in [1.29, 1.82) is 5.26 Å². The number of aromatic nitrogens is 1. The summed E-state index contributed by atoms with van der Waals surface area (Å²) in [5, 5.41) is 21.6. The van der Waals surface area contributed by atoms with Gasteiger partial charge in [0.15, 0.2) is 5.78 Å². The Hall–Kier alpha value is -3.59. The first kappa shape index (κ1) is 17.8. The highest BCUT2D eigenvalue weighted by Gasteiger charge is 2.47. The Balaban J connectivity index is 1.94. The molecule has 0 N–H and O–H groups in total. The van der Waals surface area contributed by atoms with Gasteiger partial charge >= 0.3 is 0 Å². The van der Waals surface area contributed by atoms with Crippen LogP contribution in [0.3, 0.4) is 0 Å². The van der Waals surface area contributed by atoms with Crippen molar-refractivity contribution in [3.05, 3.63) is 81.7 Å². The van der Waals surface area contributed by atoms with Crippen molar-refractivity contribution in [2.75, 3.05) is 0 Å². The van der Waals surface area contributed by atoms with Gasteiger partial charge in [0.25, 0.3) is 5.69 Å². The van der Waals surface area contributed by atoms with Gasteiger partial charge in [-0.1, -0.05) is 12.1 Å². The number of ketones is 1. The lowest BCUT2D eigenvalue weighted by Gasteiger charge is -2.29. The second-order valence-corrected chi connectivity index (χ2v) is 7.07. The normalized spacial score (nSPS) is 17.6. The van der Waals surface area contributed by atoms with Gasteiger partial charge in [0.1, 0.15) is 0 Å². The molecule has 1 atom stereocenters. The molecule has 1 aliphatic carbocycles. The number of rotatable bonds is 6. The molecule has 0 radical (unpaired) electrons. The Bertz CT molecular complexity index is 1130. The number of carbonyl (C=O) groups is 1. The maximum atomic E-state index is 13.6. The van der Waals surface area contributed by atoms with Crippen molar-refractivity contribution >= 4 is 22.2 Å². The predicted molar refractivity (Wildman–Crippen MR) is 104 cm³/mol. The number of hydrogen-bond donors (Lipinski definition) is 0. The molecule has 0 spiro atoms. The highest BCUT2D eigenvalue weighted by atomic mass is 16.6. The SMILES string of the molecule is N#CCCCC1(Cc2ccncc2)C(=O)c2ccc([N+](=O)[O-])c3cccc1c23. The Morgan fingerprint density at radius 1 is 1.14 bits per heavy atom. The summed E-state index contributed by atoms with van der Waals surface area (Å²) >= 11 is 0. The van der Waals surface area contributed by atoms with Crippen molar-refractivity contribution in [2.24, 2.45) is 0 Å². The summed E-state index contributed by atoms with van der Waals surface area (Å²) in [6, 6.07) is 14.3. The zero-order valence-corrected chi connectivity index (χ0v) is 15.1. The van der Waals surface area contributed by atoms with Gasteiger partial charge in [0, 0.05) is 35.8 Å². The van der Waals surface area contributed by atoms with E-state index in [9.17, 15) is 14.9 Å². The molecule has 1 unspecified atom stereocenters. The fraction of sp³-hybridized carbons (Fsp3) is 0.227. The van der Waals surface area contributed by atoms with E-state index >= 15 is 0 Å². The van der Waals surface area contributed by atoms with Crippen molar-refractivity contribution in [2.45, 2.75) is 31.1 Å². The molecule has 0 bridgehead atoms. The van der Waals surface area contributed by atoms with Gasteiger partial charge in [-0.15, -0.1) is 0 Å². The Morgan fingerprint density at radius 3 is 2.64 bits per heavy atom. The van der Waals surface area contributed by atoms with Crippen molar-refractivity contribution < 1.29 is 9.72 Å². The number of nitro groups is 1. The van der Waals surface area contributed by atoms with E-state index in [1.54, 1.807) is 30.6 Å². The second kappa shape index (κ2) is 6.86. The molecule has 1 heterocycles. The van der Waals surface area contributed by atoms with Crippen LogP contribution in [0.2, 0.25) is 0 Å². The largest absolute Gasteiger partial charge is 0.293 e. The lowest BCUT2D eigenvalue weighted by molar-refractivity contribution is -0.383. The smallest absolute Gasteiger partial charge is 0.277 e. The number of nitro benzene ring substituents is 1. The molecule has 0 aliphatic heterocycles. The van der Waals surface area contributed by atoms with Gasteiger partial charge < -0.3 is 0 Å². The third-order valence-corrected chi connectivity index (χ3v) is 5.56. The summed E-state index contributed by atoms with van der Waals surface area (Å²) in [6.45, 7) is 0. The quantitative estimate of drug-likeness (QED) is 0.361. The number of unbranched alkanes of at least 4 members (excludes halogenated alkanes) is 1. The van der Waals surface area contributed by atoms with Gasteiger partial charge in [-0.25, -0.2) is 0 Å². The van der Waals surface area contributed by atoms with E-state index in [1.807, 2.05) is 18.2 Å². The van der Waals surface area contributed by atoms with Crippen molar-refractivity contribution in [1.82, 2.24) is 4.98 Å². The maximum Gasteiger partial charge on any atom is 0.277 e. The molecular weight excluding hydrogens is 354 g/mol. The van der Waals surface area contributed by atoms with E-state index in [-0.39, 0.29) is 11.5 Å². The van der Waals surface area contributed by atoms with Crippen LogP contribution >= 0.6 is 0 Å². The Kier molecular flexibility index (Phi) is 4.36. The molecule has 4 rings (SSSR count). The standard InChI is InChI=1S/C22H17N3O3/c23-11-2-1-10-22(14-15-8-12-24-13-9-15)18-5-3-4-16-19(25(27)28)7-6-17(20(16)18)21(22)26/h3-9,12-13H,1-2,10,14H2. The molecule has 1 aliphatic rings. The molecule has 138 valence electrons. The van der Waals surface area contributed by atoms with Crippen molar-refractivity contribution in [3.8, 4) is 6.07 Å². The van der Waals surface area contributed by atoms with Crippen LogP contribution in [0, 0.1) is 21.4 Å². The number of Topliss-reactive ketones (excluding diaryl/α,β-unsaturated/α-hetero) is 1. The lowest BCUT2D eigenvalue weighted by Crippen LogP contribution is -2.34. The van der Waals surface area contributed by atoms with Crippen LogP contribution in [0.4, 0.5) is 5.69 Å². The number of nitriles is 1. The summed E-state index contributed by atoms with van der Waals surface area (Å²) in [7, 11) is 0. The van der Waals surface area contributed by atoms with Gasteiger partial charge in [0.2, 0.25) is 0 Å². The molecule has 6 heteroatoms. The first-order valence-corrected chi connectivity index (χ1v) is 9.10. The Morgan fingerprint density at radius 2 is 1.93 bits per heavy atom. The minimum Gasteiger partial charge on any atom is -0.293 e. The fourth-order valence-electron chi connectivity index (χ4n) is 4.35. The third kappa shape index (κ3) is 2.64. The van der Waals surface area contributed by atoms with Crippen LogP contribution in [0.15, 0.2) is 54.9 Å². The van der Waals surface area contributed by atoms with E-state index in [1.165, 1.54) is 6.07 Å². The average molecular weight is 371 g/mol. The minimum absolute atomic E-state index is 0.00476. The molecule has 6 nitrogen and oxygen atoms in total. The molecule has 0 saturated heterocycles. The molecule has 0 saturated carbocycles. The summed E-state index contributed by atoms with van der Waals surface area (Å²) in [5.74, 6) is -0.0247. The summed E-state index contributed by atoms with van der Waals surface area (Å²) in [6.07, 6.45) is 5.31. The molecule has 2 aromatic carbocycles. The second-order valence-electron chi connectivity index (χ2n) is 7.07. The van der Waals surface area contributed by atoms with E-state index < -0.39 is 10.3 Å². The van der Waals surface area contributed by atoms with Crippen LogP contribution in [0.25, 0.3) is 10.8 Å². The van der Waals surface area contributed by atoms with Crippen LogP contribution in [0.5, 0.6) is 0 Å². The van der Waals surface area contributed by atoms with E-state index in [0.29, 0.717) is 42.0 Å². The number of hydrogen-bond acceptors (Lipinski definition) is 5. The predicted octanol–water partition coefficient (Wildman–Crippen LogP) is 4.51. The lowest BCUT2D eigenvalue weighted by atomic mass is 9.71. The van der Waals surface area contributed by atoms with Crippen LogP contribution in [-0.2, 0) is 11.8 Å². The third-order valence-electron chi connectivity index (χ3n) is 5.56. The number of carbonyl (C=O) groups excluding carboxylic acids is 1. The first-order chi connectivity index (χ1) is 13.6.